The van der Waals surface area contributed by atoms with Gasteiger partial charge in [-0.1, -0.05) is 36.2 Å². The van der Waals surface area contributed by atoms with E-state index in [0.29, 0.717) is 6.42 Å². The van der Waals surface area contributed by atoms with Gasteiger partial charge in [0.2, 0.25) is 5.78 Å². The molecule has 4 nitrogen and oxygen atoms in total. The second kappa shape index (κ2) is 5.89. The Hall–Kier alpha value is -1.26. The van der Waals surface area contributed by atoms with E-state index in [4.69, 9.17) is 33.7 Å². The highest BCUT2D eigenvalue weighted by Gasteiger charge is 2.25. The Morgan fingerprint density at radius 2 is 1.88 bits per heavy atom. The lowest BCUT2D eigenvalue weighted by atomic mass is 10.0. The largest absolute Gasteiger partial charge is 0.438 e. The number of Topliss-reactive ketones (excluding diaryl/α,β-unsaturated/α-hetero) is 1. The van der Waals surface area contributed by atoms with Crippen LogP contribution in [0.15, 0.2) is 18.2 Å². The molecular weight excluding hydrogens is 265 g/mol. The summed E-state index contributed by atoms with van der Waals surface area (Å²) >= 11 is 11.8. The van der Waals surface area contributed by atoms with E-state index in [0.717, 1.165) is 0 Å². The second-order valence-corrected chi connectivity index (χ2v) is 4.11. The van der Waals surface area contributed by atoms with Gasteiger partial charge in [-0.05, 0) is 18.6 Å². The standard InChI is InChI=1S/C11H11Cl2NO3/c1-2-8(17-11(14)16)10(15)9-6(12)4-3-5-7(9)13/h3-5,8H,2H2,1H3,(H2,14,16)/t8-/m1/s1. The van der Waals surface area contributed by atoms with Crippen LogP contribution in [0.1, 0.15) is 23.7 Å². The van der Waals surface area contributed by atoms with Crippen LogP contribution in [-0.4, -0.2) is 18.0 Å². The number of amides is 1. The van der Waals surface area contributed by atoms with Crippen LogP contribution < -0.4 is 5.73 Å². The van der Waals surface area contributed by atoms with Crippen molar-refractivity contribution in [1.29, 1.82) is 0 Å². The molecule has 0 aliphatic heterocycles. The van der Waals surface area contributed by atoms with E-state index in [1.807, 2.05) is 0 Å². The van der Waals surface area contributed by atoms with Crippen molar-refractivity contribution in [3.8, 4) is 0 Å². The van der Waals surface area contributed by atoms with Crippen molar-refractivity contribution >= 4 is 35.1 Å². The first-order valence-electron chi connectivity index (χ1n) is 4.91. The SMILES string of the molecule is CC[C@@H](OC(N)=O)C(=O)c1c(Cl)cccc1Cl. The summed E-state index contributed by atoms with van der Waals surface area (Å²) in [5.74, 6) is -0.457. The summed E-state index contributed by atoms with van der Waals surface area (Å²) in [7, 11) is 0. The topological polar surface area (TPSA) is 69.4 Å². The summed E-state index contributed by atoms with van der Waals surface area (Å²) in [6, 6.07) is 4.70. The zero-order valence-electron chi connectivity index (χ0n) is 9.07. The lowest BCUT2D eigenvalue weighted by Crippen LogP contribution is -2.29. The summed E-state index contributed by atoms with van der Waals surface area (Å²) in [5, 5.41) is 0.433. The van der Waals surface area contributed by atoms with Gasteiger partial charge in [-0.2, -0.15) is 0 Å². The monoisotopic (exact) mass is 275 g/mol. The molecule has 0 unspecified atom stereocenters. The van der Waals surface area contributed by atoms with Gasteiger partial charge in [-0.3, -0.25) is 4.79 Å². The quantitative estimate of drug-likeness (QED) is 0.859. The van der Waals surface area contributed by atoms with Gasteiger partial charge in [0.15, 0.2) is 6.10 Å². The van der Waals surface area contributed by atoms with E-state index in [1.165, 1.54) is 12.1 Å². The van der Waals surface area contributed by atoms with Crippen LogP contribution in [0.4, 0.5) is 4.79 Å². The third-order valence-electron chi connectivity index (χ3n) is 2.13. The Kier molecular flexibility index (Phi) is 4.78. The summed E-state index contributed by atoms with van der Waals surface area (Å²) in [6.07, 6.45) is -1.68. The van der Waals surface area contributed by atoms with Gasteiger partial charge in [-0.15, -0.1) is 0 Å². The number of hydrogen-bond donors (Lipinski definition) is 1. The number of ketones is 1. The molecule has 1 atom stereocenters. The fourth-order valence-corrected chi connectivity index (χ4v) is 1.94. The molecule has 0 aliphatic rings. The van der Waals surface area contributed by atoms with Gasteiger partial charge in [-0.25, -0.2) is 4.79 Å². The number of benzene rings is 1. The molecule has 0 spiro atoms. The van der Waals surface area contributed by atoms with Gasteiger partial charge in [0.1, 0.15) is 0 Å². The molecule has 0 heterocycles. The van der Waals surface area contributed by atoms with Crippen molar-refractivity contribution < 1.29 is 14.3 Å². The molecule has 0 saturated carbocycles. The van der Waals surface area contributed by atoms with Gasteiger partial charge in [0.05, 0.1) is 15.6 Å². The number of rotatable bonds is 4. The Morgan fingerprint density at radius 1 is 1.35 bits per heavy atom. The number of halogens is 2. The Labute approximate surface area is 109 Å². The van der Waals surface area contributed by atoms with Crippen LogP contribution in [0.2, 0.25) is 10.0 Å². The summed E-state index contributed by atoms with van der Waals surface area (Å²) < 4.78 is 4.70. The van der Waals surface area contributed by atoms with Crippen molar-refractivity contribution in [2.24, 2.45) is 5.73 Å². The second-order valence-electron chi connectivity index (χ2n) is 3.29. The van der Waals surface area contributed by atoms with Crippen LogP contribution in [0, 0.1) is 0 Å². The number of ether oxygens (including phenoxy) is 1. The molecule has 2 N–H and O–H groups in total. The highest BCUT2D eigenvalue weighted by Crippen LogP contribution is 2.26. The van der Waals surface area contributed by atoms with Crippen LogP contribution >= 0.6 is 23.2 Å². The average Bonchev–Trinajstić information content (AvgIpc) is 2.25. The molecular formula is C11H11Cl2NO3. The molecule has 0 fully saturated rings. The molecule has 1 rings (SSSR count). The fourth-order valence-electron chi connectivity index (χ4n) is 1.36. The first-order chi connectivity index (χ1) is 7.97. The Balaban J connectivity index is 3.06. The number of nitrogens with two attached hydrogens (primary N) is 1. The zero-order valence-corrected chi connectivity index (χ0v) is 10.6. The predicted molar refractivity (Wildman–Crippen MR) is 65.5 cm³/mol. The smallest absolute Gasteiger partial charge is 0.405 e. The normalized spacial score (nSPS) is 11.9. The fraction of sp³-hybridized carbons (Fsp3) is 0.273. The zero-order chi connectivity index (χ0) is 13.0. The van der Waals surface area contributed by atoms with Crippen molar-refractivity contribution in [3.63, 3.8) is 0 Å². The predicted octanol–water partition coefficient (Wildman–Crippen LogP) is 3.05. The molecule has 0 saturated heterocycles. The third-order valence-corrected chi connectivity index (χ3v) is 2.76. The number of hydrogen-bond acceptors (Lipinski definition) is 3. The first kappa shape index (κ1) is 13.8. The molecule has 6 heteroatoms. The maximum atomic E-state index is 12.1. The maximum Gasteiger partial charge on any atom is 0.405 e. The molecule has 0 radical (unpaired) electrons. The van der Waals surface area contributed by atoms with E-state index in [1.54, 1.807) is 13.0 Å². The van der Waals surface area contributed by atoms with Gasteiger partial charge >= 0.3 is 6.09 Å². The maximum absolute atomic E-state index is 12.1. The Bertz CT molecular complexity index is 428. The summed E-state index contributed by atoms with van der Waals surface area (Å²) in [5.41, 5.74) is 5.02. The minimum atomic E-state index is -1.01. The Morgan fingerprint density at radius 3 is 2.29 bits per heavy atom. The highest BCUT2D eigenvalue weighted by molar-refractivity contribution is 6.40. The van der Waals surface area contributed by atoms with Crippen LogP contribution in [0.5, 0.6) is 0 Å². The minimum Gasteiger partial charge on any atom is -0.438 e. The number of carbonyl (C=O) groups excluding carboxylic acids is 2. The van der Waals surface area contributed by atoms with E-state index in [9.17, 15) is 9.59 Å². The number of primary amides is 1. The van der Waals surface area contributed by atoms with E-state index in [-0.39, 0.29) is 15.6 Å². The van der Waals surface area contributed by atoms with Crippen molar-refractivity contribution in [1.82, 2.24) is 0 Å². The molecule has 1 aromatic carbocycles. The molecule has 0 aromatic heterocycles. The molecule has 1 amide bonds. The van der Waals surface area contributed by atoms with Gasteiger partial charge < -0.3 is 10.5 Å². The first-order valence-corrected chi connectivity index (χ1v) is 5.67. The summed E-state index contributed by atoms with van der Waals surface area (Å²) in [6.45, 7) is 1.69. The van der Waals surface area contributed by atoms with Crippen LogP contribution in [0.25, 0.3) is 0 Å². The van der Waals surface area contributed by atoms with Crippen molar-refractivity contribution in [2.45, 2.75) is 19.4 Å². The van der Waals surface area contributed by atoms with E-state index in [2.05, 4.69) is 0 Å². The van der Waals surface area contributed by atoms with Gasteiger partial charge in [0.25, 0.3) is 0 Å². The molecule has 0 bridgehead atoms. The summed E-state index contributed by atoms with van der Waals surface area (Å²) in [4.78, 5) is 22.7. The lowest BCUT2D eigenvalue weighted by molar-refractivity contribution is 0.0647. The molecule has 92 valence electrons. The van der Waals surface area contributed by atoms with Gasteiger partial charge in [0, 0.05) is 0 Å². The molecule has 1 aromatic rings. The van der Waals surface area contributed by atoms with Crippen molar-refractivity contribution in [2.75, 3.05) is 0 Å². The minimum absolute atomic E-state index is 0.143. The average molecular weight is 276 g/mol. The van der Waals surface area contributed by atoms with E-state index < -0.39 is 18.0 Å². The molecule has 0 aliphatic carbocycles. The molecule has 17 heavy (non-hydrogen) atoms. The number of carbonyl (C=O) groups is 2. The lowest BCUT2D eigenvalue weighted by Gasteiger charge is -2.15. The highest BCUT2D eigenvalue weighted by atomic mass is 35.5. The van der Waals surface area contributed by atoms with E-state index >= 15 is 0 Å². The van der Waals surface area contributed by atoms with Crippen LogP contribution in [0.3, 0.4) is 0 Å². The van der Waals surface area contributed by atoms with Crippen molar-refractivity contribution in [3.05, 3.63) is 33.8 Å². The van der Waals surface area contributed by atoms with Crippen LogP contribution in [-0.2, 0) is 4.74 Å². The third kappa shape index (κ3) is 3.35.